The van der Waals surface area contributed by atoms with Crippen LogP contribution in [-0.2, 0) is 13.0 Å². The highest BCUT2D eigenvalue weighted by Crippen LogP contribution is 2.32. The Morgan fingerprint density at radius 1 is 1.12 bits per heavy atom. The van der Waals surface area contributed by atoms with Crippen molar-refractivity contribution in [3.8, 4) is 11.3 Å². The second kappa shape index (κ2) is 8.44. The molecule has 0 amide bonds. The number of aryl methyl sites for hydroxylation is 2. The molecule has 166 valence electrons. The molecule has 8 heteroatoms. The predicted octanol–water partition coefficient (Wildman–Crippen LogP) is 5.52. The van der Waals surface area contributed by atoms with Crippen LogP contribution in [0.1, 0.15) is 40.7 Å². The third-order valence-electron chi connectivity index (χ3n) is 5.76. The molecule has 0 aliphatic rings. The highest BCUT2D eigenvalue weighted by molar-refractivity contribution is 9.10. The number of imidazole rings is 2. The average Bonchev–Trinajstić information content (AvgIpc) is 3.33. The number of rotatable bonds is 6. The lowest BCUT2D eigenvalue weighted by Crippen LogP contribution is -2.06. The van der Waals surface area contributed by atoms with Crippen molar-refractivity contribution in [2.24, 2.45) is 0 Å². The summed E-state index contributed by atoms with van der Waals surface area (Å²) in [6.07, 6.45) is 5.73. The first-order valence-corrected chi connectivity index (χ1v) is 11.6. The van der Waals surface area contributed by atoms with E-state index in [9.17, 15) is 9.90 Å². The van der Waals surface area contributed by atoms with Gasteiger partial charge in [0.25, 0.3) is 0 Å². The summed E-state index contributed by atoms with van der Waals surface area (Å²) in [5.41, 5.74) is 6.15. The van der Waals surface area contributed by atoms with Crippen LogP contribution in [0.5, 0.6) is 0 Å². The summed E-state index contributed by atoms with van der Waals surface area (Å²) in [5, 5.41) is 9.59. The maximum atomic E-state index is 11.7. The first-order chi connectivity index (χ1) is 16.0. The minimum atomic E-state index is -0.978. The molecule has 0 saturated heterocycles. The smallest absolute Gasteiger partial charge is 0.336 e. The van der Waals surface area contributed by atoms with Crippen molar-refractivity contribution in [3.63, 3.8) is 0 Å². The first kappa shape index (κ1) is 21.3. The number of halogens is 1. The molecule has 5 rings (SSSR count). The molecule has 7 nitrogen and oxygen atoms in total. The fourth-order valence-corrected chi connectivity index (χ4v) is 4.73. The van der Waals surface area contributed by atoms with Crippen molar-refractivity contribution in [1.29, 1.82) is 0 Å². The number of pyridine rings is 2. The minimum Gasteiger partial charge on any atom is -0.478 e. The van der Waals surface area contributed by atoms with E-state index in [0.29, 0.717) is 22.4 Å². The maximum absolute atomic E-state index is 11.7. The van der Waals surface area contributed by atoms with Crippen LogP contribution in [0, 0.1) is 6.92 Å². The molecule has 5 aromatic rings. The van der Waals surface area contributed by atoms with Gasteiger partial charge < -0.3 is 9.67 Å². The molecule has 0 unspecified atom stereocenters. The number of fused-ring (bicyclic) bond motifs is 2. The largest absolute Gasteiger partial charge is 0.478 e. The Morgan fingerprint density at radius 2 is 1.94 bits per heavy atom. The zero-order chi connectivity index (χ0) is 23.1. The molecule has 0 saturated carbocycles. The molecular weight excluding hydrogens is 482 g/mol. The van der Waals surface area contributed by atoms with Crippen LogP contribution in [0.15, 0.2) is 59.5 Å². The Bertz CT molecular complexity index is 1520. The van der Waals surface area contributed by atoms with Gasteiger partial charge in [-0.05, 0) is 58.6 Å². The van der Waals surface area contributed by atoms with E-state index in [1.54, 1.807) is 18.2 Å². The third kappa shape index (κ3) is 3.70. The van der Waals surface area contributed by atoms with Crippen molar-refractivity contribution in [1.82, 2.24) is 23.9 Å². The molecule has 0 radical (unpaired) electrons. The highest BCUT2D eigenvalue weighted by Gasteiger charge is 2.19. The molecule has 0 fully saturated rings. The lowest BCUT2D eigenvalue weighted by atomic mass is 10.1. The number of nitrogens with zero attached hydrogens (tertiary/aromatic N) is 5. The molecule has 33 heavy (non-hydrogen) atoms. The number of benzene rings is 1. The summed E-state index contributed by atoms with van der Waals surface area (Å²) in [5.74, 6) is 0.0450. The van der Waals surface area contributed by atoms with Gasteiger partial charge in [0.1, 0.15) is 27.3 Å². The Labute approximate surface area is 198 Å². The molecule has 0 aliphatic heterocycles. The number of aromatic nitrogens is 5. The van der Waals surface area contributed by atoms with E-state index in [0.717, 1.165) is 46.6 Å². The van der Waals surface area contributed by atoms with Crippen LogP contribution in [-0.4, -0.2) is 35.0 Å². The van der Waals surface area contributed by atoms with E-state index in [2.05, 4.69) is 39.3 Å². The Balaban J connectivity index is 1.60. The van der Waals surface area contributed by atoms with Gasteiger partial charge in [0.15, 0.2) is 5.65 Å². The number of carboxylic acid groups (broad SMARTS) is 1. The molecule has 1 N–H and O–H groups in total. The van der Waals surface area contributed by atoms with Crippen LogP contribution >= 0.6 is 15.9 Å². The average molecular weight is 504 g/mol. The topological polar surface area (TPSA) is 85.3 Å². The molecule has 1 aromatic carbocycles. The van der Waals surface area contributed by atoms with Gasteiger partial charge in [0.2, 0.25) is 0 Å². The van der Waals surface area contributed by atoms with E-state index < -0.39 is 5.97 Å². The Kier molecular flexibility index (Phi) is 5.46. The van der Waals surface area contributed by atoms with Crippen LogP contribution in [0.4, 0.5) is 0 Å². The minimum absolute atomic E-state index is 0.220. The summed E-state index contributed by atoms with van der Waals surface area (Å²) in [7, 11) is 0. The van der Waals surface area contributed by atoms with Crippen LogP contribution in [0.25, 0.3) is 28.1 Å². The van der Waals surface area contributed by atoms with Gasteiger partial charge in [-0.1, -0.05) is 31.2 Å². The first-order valence-electron chi connectivity index (χ1n) is 10.8. The molecule has 0 spiro atoms. The van der Waals surface area contributed by atoms with Crippen LogP contribution in [0.2, 0.25) is 0 Å². The van der Waals surface area contributed by atoms with Crippen molar-refractivity contribution in [2.75, 3.05) is 0 Å². The van der Waals surface area contributed by atoms with Crippen molar-refractivity contribution < 1.29 is 9.90 Å². The van der Waals surface area contributed by atoms with Gasteiger partial charge in [-0.25, -0.2) is 19.7 Å². The van der Waals surface area contributed by atoms with Crippen molar-refractivity contribution in [2.45, 2.75) is 33.2 Å². The van der Waals surface area contributed by atoms with Gasteiger partial charge in [0, 0.05) is 24.4 Å². The Morgan fingerprint density at radius 3 is 2.73 bits per heavy atom. The summed E-state index contributed by atoms with van der Waals surface area (Å²) < 4.78 is 4.84. The Hall–Kier alpha value is -3.52. The molecule has 0 aliphatic carbocycles. The second-order valence-corrected chi connectivity index (χ2v) is 8.78. The summed E-state index contributed by atoms with van der Waals surface area (Å²) >= 11 is 3.65. The summed E-state index contributed by atoms with van der Waals surface area (Å²) in [6.45, 7) is 4.83. The van der Waals surface area contributed by atoms with E-state index in [-0.39, 0.29) is 5.56 Å². The van der Waals surface area contributed by atoms with Crippen molar-refractivity contribution in [3.05, 3.63) is 82.0 Å². The van der Waals surface area contributed by atoms with E-state index in [4.69, 9.17) is 9.97 Å². The molecule has 0 bridgehead atoms. The van der Waals surface area contributed by atoms with Gasteiger partial charge in [0.05, 0.1) is 12.1 Å². The molecule has 4 aromatic heterocycles. The third-order valence-corrected chi connectivity index (χ3v) is 6.52. The number of carboxylic acids is 1. The summed E-state index contributed by atoms with van der Waals surface area (Å²) in [4.78, 5) is 25.9. The zero-order valence-corrected chi connectivity index (χ0v) is 19.9. The standard InChI is InChI=1S/C25H22BrN5O2/c1-3-6-19-28-21-15(2)11-12-27-24(21)31(19)14-16-9-10-20-29-22(23(26)30(20)13-16)17-7-4-5-8-18(17)25(32)33/h4-5,7-13H,3,6,14H2,1-2H3,(H,32,33). The second-order valence-electron chi connectivity index (χ2n) is 8.03. The zero-order valence-electron chi connectivity index (χ0n) is 18.3. The molecular formula is C25H22BrN5O2. The lowest BCUT2D eigenvalue weighted by Gasteiger charge is -2.09. The quantitative estimate of drug-likeness (QED) is 0.329. The van der Waals surface area contributed by atoms with Crippen LogP contribution in [0.3, 0.4) is 0 Å². The fourth-order valence-electron chi connectivity index (χ4n) is 4.15. The predicted molar refractivity (Wildman–Crippen MR) is 131 cm³/mol. The van der Waals surface area contributed by atoms with Gasteiger partial charge in [-0.15, -0.1) is 0 Å². The summed E-state index contributed by atoms with van der Waals surface area (Å²) in [6, 6.07) is 12.9. The number of hydrogen-bond acceptors (Lipinski definition) is 4. The van der Waals surface area contributed by atoms with E-state index in [1.807, 2.05) is 41.1 Å². The van der Waals surface area contributed by atoms with Gasteiger partial charge in [-0.3, -0.25) is 4.40 Å². The number of carbonyl (C=O) groups is 1. The SMILES string of the molecule is CCCc1nc2c(C)ccnc2n1Cc1ccc2nc(-c3ccccc3C(=O)O)c(Br)n2c1. The lowest BCUT2D eigenvalue weighted by molar-refractivity contribution is 0.0697. The van der Waals surface area contributed by atoms with E-state index >= 15 is 0 Å². The van der Waals surface area contributed by atoms with Gasteiger partial charge in [-0.2, -0.15) is 0 Å². The van der Waals surface area contributed by atoms with Crippen molar-refractivity contribution >= 4 is 38.7 Å². The normalized spacial score (nSPS) is 11.5. The fraction of sp³-hybridized carbons (Fsp3) is 0.200. The molecule has 0 atom stereocenters. The number of hydrogen-bond donors (Lipinski definition) is 1. The van der Waals surface area contributed by atoms with Gasteiger partial charge >= 0.3 is 5.97 Å². The highest BCUT2D eigenvalue weighted by atomic mass is 79.9. The van der Waals surface area contributed by atoms with Crippen LogP contribution < -0.4 is 0 Å². The maximum Gasteiger partial charge on any atom is 0.336 e. The number of aromatic carboxylic acids is 1. The monoisotopic (exact) mass is 503 g/mol. The molecule has 4 heterocycles. The van der Waals surface area contributed by atoms with E-state index in [1.165, 1.54) is 0 Å².